The summed E-state index contributed by atoms with van der Waals surface area (Å²) in [5.74, 6) is -1.74. The van der Waals surface area contributed by atoms with E-state index in [1.165, 1.54) is 96.3 Å². The molecule has 0 aliphatic heterocycles. The molecule has 0 saturated heterocycles. The molecule has 0 amide bonds. The smallest absolute Gasteiger partial charge is 0.306 e. The van der Waals surface area contributed by atoms with E-state index in [9.17, 15) is 19.5 Å². The fourth-order valence-electron chi connectivity index (χ4n) is 5.95. The quantitative estimate of drug-likeness (QED) is 0.0279. The molecule has 0 radical (unpaired) electrons. The minimum atomic E-state index is -1.12. The van der Waals surface area contributed by atoms with Crippen molar-refractivity contribution in [2.75, 3.05) is 41.0 Å². The minimum Gasteiger partial charge on any atom is -0.544 e. The lowest BCUT2D eigenvalue weighted by Crippen LogP contribution is -2.55. The predicted molar refractivity (Wildman–Crippen MR) is 199 cm³/mol. The summed E-state index contributed by atoms with van der Waals surface area (Å²) < 4.78 is 17.1. The lowest BCUT2D eigenvalue weighted by molar-refractivity contribution is -0.889. The van der Waals surface area contributed by atoms with Crippen LogP contribution in [0.2, 0.25) is 0 Å². The highest BCUT2D eigenvalue weighted by Gasteiger charge is 2.25. The first-order valence-corrected chi connectivity index (χ1v) is 20.2. The molecule has 288 valence electrons. The van der Waals surface area contributed by atoms with Gasteiger partial charge in [0.1, 0.15) is 12.6 Å². The molecule has 0 N–H and O–H groups in total. The molecule has 0 saturated carbocycles. The van der Waals surface area contributed by atoms with Crippen molar-refractivity contribution < 1.29 is 38.2 Å². The molecule has 0 heterocycles. The molecule has 0 fully saturated rings. The van der Waals surface area contributed by atoms with E-state index < -0.39 is 18.1 Å². The van der Waals surface area contributed by atoms with Crippen molar-refractivity contribution in [3.63, 3.8) is 0 Å². The summed E-state index contributed by atoms with van der Waals surface area (Å²) in [6, 6.07) is -0.721. The summed E-state index contributed by atoms with van der Waals surface area (Å²) in [6.45, 7) is 4.63. The second kappa shape index (κ2) is 33.2. The van der Waals surface area contributed by atoms with Gasteiger partial charge >= 0.3 is 11.9 Å². The van der Waals surface area contributed by atoms with Gasteiger partial charge in [-0.25, -0.2) is 0 Å². The van der Waals surface area contributed by atoms with E-state index >= 15 is 0 Å². The van der Waals surface area contributed by atoms with Gasteiger partial charge in [0.2, 0.25) is 0 Å². The maximum Gasteiger partial charge on any atom is 0.306 e. The van der Waals surface area contributed by atoms with Gasteiger partial charge in [-0.1, -0.05) is 135 Å². The molecule has 0 bridgehead atoms. The van der Waals surface area contributed by atoms with Gasteiger partial charge in [-0.3, -0.25) is 9.59 Å². The lowest BCUT2D eigenvalue weighted by atomic mass is 10.0. The Labute approximate surface area is 301 Å². The fourth-order valence-corrected chi connectivity index (χ4v) is 5.95. The lowest BCUT2D eigenvalue weighted by Gasteiger charge is -2.34. The van der Waals surface area contributed by atoms with E-state index in [0.717, 1.165) is 51.4 Å². The Bertz CT molecular complexity index is 823. The van der Waals surface area contributed by atoms with Crippen LogP contribution in [-0.2, 0) is 28.6 Å². The van der Waals surface area contributed by atoms with Gasteiger partial charge in [0.15, 0.2) is 6.10 Å². The number of likely N-dealkylation sites (N-methyl/N-ethyl adjacent to an activating group) is 1. The Balaban J connectivity index is 4.39. The van der Waals surface area contributed by atoms with E-state index in [2.05, 4.69) is 26.0 Å². The highest BCUT2D eigenvalue weighted by molar-refractivity contribution is 5.70. The van der Waals surface area contributed by atoms with Crippen LogP contribution in [0.15, 0.2) is 12.2 Å². The molecule has 0 aromatic rings. The van der Waals surface area contributed by atoms with Gasteiger partial charge in [0, 0.05) is 19.3 Å². The molecular formula is C41H77NO7. The topological polar surface area (TPSA) is 102 Å². The number of hydrogen-bond donors (Lipinski definition) is 0. The number of carboxylic acids is 1. The van der Waals surface area contributed by atoms with Crippen molar-refractivity contribution in [3.05, 3.63) is 12.2 Å². The molecule has 8 heteroatoms. The number of carboxylic acid groups (broad SMARTS) is 1. The number of ether oxygens (including phenoxy) is 3. The Morgan fingerprint density at radius 2 is 1.02 bits per heavy atom. The van der Waals surface area contributed by atoms with Crippen molar-refractivity contribution in [3.8, 4) is 0 Å². The van der Waals surface area contributed by atoms with Gasteiger partial charge in [0.25, 0.3) is 0 Å². The summed E-state index contributed by atoms with van der Waals surface area (Å²) in [6.07, 6.45) is 32.2. The number of unbranched alkanes of at least 4 members (excludes halogenated alkanes) is 20. The van der Waals surface area contributed by atoms with E-state index in [1.54, 1.807) is 21.1 Å². The van der Waals surface area contributed by atoms with Crippen molar-refractivity contribution in [1.82, 2.24) is 0 Å². The average molecular weight is 696 g/mol. The van der Waals surface area contributed by atoms with Crippen LogP contribution in [-0.4, -0.2) is 75.5 Å². The van der Waals surface area contributed by atoms with Crippen LogP contribution in [0.4, 0.5) is 0 Å². The summed E-state index contributed by atoms with van der Waals surface area (Å²) in [5.41, 5.74) is 0. The first kappa shape index (κ1) is 47.1. The standard InChI is InChI=1S/C41H77NO7/c1-6-8-10-12-14-16-18-20-22-24-26-28-30-32-40(44)49-37(35-47-34-33-38(41(45)46)42(3,4)5)36-48-39(43)31-29-27-25-23-21-19-17-15-13-11-9-7-2/h15,17,37-38H,6-14,16,18-36H2,1-5H3/b17-15+. The zero-order valence-corrected chi connectivity index (χ0v) is 32.6. The molecule has 0 aromatic heterocycles. The number of nitrogens with zero attached hydrogens (tertiary/aromatic N) is 1. The highest BCUT2D eigenvalue weighted by Crippen LogP contribution is 2.14. The molecule has 0 aliphatic rings. The molecular weight excluding hydrogens is 618 g/mol. The normalized spacial score (nSPS) is 13.1. The Kier molecular flexibility index (Phi) is 31.9. The van der Waals surface area contributed by atoms with Crippen molar-refractivity contribution in [1.29, 1.82) is 0 Å². The molecule has 0 rings (SSSR count). The second-order valence-electron chi connectivity index (χ2n) is 14.9. The molecule has 2 unspecified atom stereocenters. The van der Waals surface area contributed by atoms with Crippen LogP contribution < -0.4 is 5.11 Å². The third-order valence-electron chi connectivity index (χ3n) is 9.15. The van der Waals surface area contributed by atoms with Gasteiger partial charge in [-0.15, -0.1) is 0 Å². The number of hydrogen-bond acceptors (Lipinski definition) is 7. The van der Waals surface area contributed by atoms with Gasteiger partial charge in [-0.05, 0) is 38.5 Å². The van der Waals surface area contributed by atoms with Crippen LogP contribution in [0.5, 0.6) is 0 Å². The molecule has 8 nitrogen and oxygen atoms in total. The summed E-state index contributed by atoms with van der Waals surface area (Å²) >= 11 is 0. The number of carbonyl (C=O) groups is 3. The van der Waals surface area contributed by atoms with Crippen molar-refractivity contribution in [2.45, 2.75) is 193 Å². The highest BCUT2D eigenvalue weighted by atomic mass is 16.6. The second-order valence-corrected chi connectivity index (χ2v) is 14.9. The molecule has 0 aliphatic carbocycles. The van der Waals surface area contributed by atoms with Crippen LogP contribution in [0.25, 0.3) is 0 Å². The summed E-state index contributed by atoms with van der Waals surface area (Å²) in [4.78, 5) is 36.7. The maximum atomic E-state index is 12.6. The largest absolute Gasteiger partial charge is 0.544 e. The fraction of sp³-hybridized carbons (Fsp3) is 0.878. The van der Waals surface area contributed by atoms with Crippen LogP contribution in [0.1, 0.15) is 181 Å². The molecule has 49 heavy (non-hydrogen) atoms. The number of rotatable bonds is 36. The third kappa shape index (κ3) is 31.8. The maximum absolute atomic E-state index is 12.6. The Morgan fingerprint density at radius 3 is 1.51 bits per heavy atom. The van der Waals surface area contributed by atoms with Crippen LogP contribution in [0, 0.1) is 0 Å². The third-order valence-corrected chi connectivity index (χ3v) is 9.15. The zero-order valence-electron chi connectivity index (χ0n) is 32.6. The first-order valence-electron chi connectivity index (χ1n) is 20.2. The number of carbonyl (C=O) groups excluding carboxylic acids is 3. The first-order chi connectivity index (χ1) is 23.6. The molecule has 2 atom stereocenters. The Morgan fingerprint density at radius 1 is 0.592 bits per heavy atom. The SMILES string of the molecule is CCCCC/C=C/CCCCCCCC(=O)OCC(COCCC(C(=O)[O-])[N+](C)(C)C)OC(=O)CCCCCCCCCCCCCCC. The van der Waals surface area contributed by atoms with E-state index in [0.29, 0.717) is 12.8 Å². The summed E-state index contributed by atoms with van der Waals surface area (Å²) in [5, 5.41) is 11.6. The summed E-state index contributed by atoms with van der Waals surface area (Å²) in [7, 11) is 5.40. The van der Waals surface area contributed by atoms with Crippen LogP contribution >= 0.6 is 0 Å². The van der Waals surface area contributed by atoms with Crippen molar-refractivity contribution >= 4 is 17.9 Å². The Hall–Kier alpha value is -1.93. The van der Waals surface area contributed by atoms with E-state index in [1.807, 2.05) is 0 Å². The average Bonchev–Trinajstić information content (AvgIpc) is 3.05. The van der Waals surface area contributed by atoms with Crippen LogP contribution in [0.3, 0.4) is 0 Å². The van der Waals surface area contributed by atoms with Gasteiger partial charge in [0.05, 0.1) is 40.3 Å². The van der Waals surface area contributed by atoms with Gasteiger partial charge in [-0.2, -0.15) is 0 Å². The predicted octanol–water partition coefficient (Wildman–Crippen LogP) is 9.02. The zero-order chi connectivity index (χ0) is 36.4. The number of allylic oxidation sites excluding steroid dienone is 2. The monoisotopic (exact) mass is 696 g/mol. The number of aliphatic carboxylic acids is 1. The van der Waals surface area contributed by atoms with E-state index in [-0.39, 0.29) is 42.7 Å². The number of esters is 2. The van der Waals surface area contributed by atoms with E-state index in [4.69, 9.17) is 14.2 Å². The molecule has 0 spiro atoms. The van der Waals surface area contributed by atoms with Crippen molar-refractivity contribution in [2.24, 2.45) is 0 Å². The number of quaternary nitrogens is 1. The molecule has 0 aromatic carbocycles. The minimum absolute atomic E-state index is 0.0432. The van der Waals surface area contributed by atoms with Gasteiger partial charge < -0.3 is 28.6 Å².